The number of ketones is 1. The topological polar surface area (TPSA) is 65.2 Å². The number of carbonyl (C=O) groups excluding carboxylic acids is 1. The van der Waals surface area contributed by atoms with E-state index in [2.05, 4.69) is 4.98 Å². The summed E-state index contributed by atoms with van der Waals surface area (Å²) < 4.78 is 45.4. The summed E-state index contributed by atoms with van der Waals surface area (Å²) in [6.07, 6.45) is -2.90. The lowest BCUT2D eigenvalue weighted by Gasteiger charge is -2.13. The van der Waals surface area contributed by atoms with Gasteiger partial charge < -0.3 is 10.5 Å². The Labute approximate surface area is 188 Å². The molecule has 0 aliphatic rings. The van der Waals surface area contributed by atoms with Crippen LogP contribution in [0.15, 0.2) is 66.9 Å². The van der Waals surface area contributed by atoms with Crippen LogP contribution in [0.1, 0.15) is 32.6 Å². The number of aryl methyl sites for hydroxylation is 2. The minimum Gasteiger partial charge on any atom is -0.456 e. The Bertz CT molecular complexity index is 1360. The van der Waals surface area contributed by atoms with Crippen molar-refractivity contribution in [3.8, 4) is 11.5 Å². The van der Waals surface area contributed by atoms with Crippen LogP contribution < -0.4 is 10.5 Å². The van der Waals surface area contributed by atoms with Crippen molar-refractivity contribution in [1.82, 2.24) is 4.98 Å². The predicted molar refractivity (Wildman–Crippen MR) is 122 cm³/mol. The van der Waals surface area contributed by atoms with E-state index in [1.807, 2.05) is 19.1 Å². The van der Waals surface area contributed by atoms with E-state index < -0.39 is 11.7 Å². The maximum absolute atomic E-state index is 13.1. The second-order valence-electron chi connectivity index (χ2n) is 7.94. The normalized spacial score (nSPS) is 11.5. The largest absolute Gasteiger partial charge is 0.456 e. The molecule has 33 heavy (non-hydrogen) atoms. The second kappa shape index (κ2) is 8.58. The van der Waals surface area contributed by atoms with Gasteiger partial charge in [0.05, 0.1) is 16.8 Å². The monoisotopic (exact) mass is 450 g/mol. The van der Waals surface area contributed by atoms with Crippen molar-refractivity contribution < 1.29 is 22.7 Å². The van der Waals surface area contributed by atoms with Crippen LogP contribution >= 0.6 is 0 Å². The summed E-state index contributed by atoms with van der Waals surface area (Å²) in [5, 5.41) is 0.774. The SMILES string of the molecule is Cc1cc(C(=O)Cc2ccc(Oc3ccnc4c(N)cccc34)c(C)c2)cc(C(F)(F)F)c1. The van der Waals surface area contributed by atoms with Gasteiger partial charge >= 0.3 is 6.18 Å². The average molecular weight is 450 g/mol. The molecule has 0 atom stereocenters. The smallest absolute Gasteiger partial charge is 0.416 e. The number of aromatic nitrogens is 1. The van der Waals surface area contributed by atoms with Gasteiger partial charge in [-0.15, -0.1) is 0 Å². The maximum atomic E-state index is 13.1. The van der Waals surface area contributed by atoms with Gasteiger partial charge in [0.2, 0.25) is 0 Å². The first-order valence-electron chi connectivity index (χ1n) is 10.2. The van der Waals surface area contributed by atoms with Crippen LogP contribution in [-0.4, -0.2) is 10.8 Å². The standard InChI is InChI=1S/C26H21F3N2O2/c1-15-10-18(14-19(11-15)26(27,28)29)22(32)13-17-6-7-23(16(2)12-17)33-24-8-9-31-25-20(24)4-3-5-21(25)30/h3-12,14H,13,30H2,1-2H3. The number of para-hydroxylation sites is 1. The highest BCUT2D eigenvalue weighted by molar-refractivity contribution is 5.98. The van der Waals surface area contributed by atoms with E-state index in [0.717, 1.165) is 23.1 Å². The first-order chi connectivity index (χ1) is 15.6. The van der Waals surface area contributed by atoms with E-state index in [1.165, 1.54) is 6.07 Å². The molecule has 4 nitrogen and oxygen atoms in total. The van der Waals surface area contributed by atoms with Crippen LogP contribution in [0.4, 0.5) is 18.9 Å². The molecule has 3 aromatic carbocycles. The Morgan fingerprint density at radius 1 is 1.00 bits per heavy atom. The van der Waals surface area contributed by atoms with E-state index in [-0.39, 0.29) is 17.8 Å². The summed E-state index contributed by atoms with van der Waals surface area (Å²) in [5.74, 6) is 0.808. The first kappa shape index (κ1) is 22.3. The fourth-order valence-electron chi connectivity index (χ4n) is 3.71. The van der Waals surface area contributed by atoms with Crippen LogP contribution in [0, 0.1) is 13.8 Å². The number of nitrogens with two attached hydrogens (primary N) is 1. The number of nitrogen functional groups attached to an aromatic ring is 1. The highest BCUT2D eigenvalue weighted by Crippen LogP contribution is 2.33. The molecule has 0 saturated carbocycles. The van der Waals surface area contributed by atoms with Gasteiger partial charge in [-0.3, -0.25) is 9.78 Å². The van der Waals surface area contributed by atoms with Crippen molar-refractivity contribution in [3.05, 3.63) is 94.7 Å². The number of fused-ring (bicyclic) bond motifs is 1. The van der Waals surface area contributed by atoms with Gasteiger partial charge in [-0.2, -0.15) is 13.2 Å². The molecule has 168 valence electrons. The minimum absolute atomic E-state index is 0.0173. The molecule has 0 aliphatic carbocycles. The van der Waals surface area contributed by atoms with Gasteiger partial charge in [-0.05, 0) is 73.0 Å². The lowest BCUT2D eigenvalue weighted by atomic mass is 9.98. The summed E-state index contributed by atoms with van der Waals surface area (Å²) in [6, 6.07) is 15.9. The predicted octanol–water partition coefficient (Wildman–Crippen LogP) is 6.67. The molecule has 0 unspecified atom stereocenters. The summed E-state index contributed by atoms with van der Waals surface area (Å²) in [6.45, 7) is 3.38. The third-order valence-electron chi connectivity index (χ3n) is 5.31. The zero-order valence-corrected chi connectivity index (χ0v) is 18.0. The number of Topliss-reactive ketones (excluding diaryl/α,β-unsaturated/α-hetero) is 1. The molecule has 0 bridgehead atoms. The number of ether oxygens (including phenoxy) is 1. The van der Waals surface area contributed by atoms with Crippen LogP contribution in [0.25, 0.3) is 10.9 Å². The maximum Gasteiger partial charge on any atom is 0.416 e. The lowest BCUT2D eigenvalue weighted by molar-refractivity contribution is -0.137. The Hall–Kier alpha value is -3.87. The number of halogens is 3. The summed E-state index contributed by atoms with van der Waals surface area (Å²) in [4.78, 5) is 17.0. The van der Waals surface area contributed by atoms with Gasteiger partial charge in [0.1, 0.15) is 11.5 Å². The Morgan fingerprint density at radius 3 is 2.52 bits per heavy atom. The Balaban J connectivity index is 1.56. The second-order valence-corrected chi connectivity index (χ2v) is 7.94. The van der Waals surface area contributed by atoms with Crippen molar-refractivity contribution in [2.75, 3.05) is 5.73 Å². The minimum atomic E-state index is -4.50. The third kappa shape index (κ3) is 4.82. The van der Waals surface area contributed by atoms with Crippen LogP contribution in [-0.2, 0) is 12.6 Å². The van der Waals surface area contributed by atoms with E-state index in [9.17, 15) is 18.0 Å². The van der Waals surface area contributed by atoms with Gasteiger partial charge in [-0.25, -0.2) is 0 Å². The quantitative estimate of drug-likeness (QED) is 0.272. The molecular weight excluding hydrogens is 429 g/mol. The highest BCUT2D eigenvalue weighted by atomic mass is 19.4. The molecule has 4 rings (SSSR count). The molecule has 0 fully saturated rings. The van der Waals surface area contributed by atoms with Crippen molar-refractivity contribution in [3.63, 3.8) is 0 Å². The lowest BCUT2D eigenvalue weighted by Crippen LogP contribution is -2.10. The van der Waals surface area contributed by atoms with E-state index in [1.54, 1.807) is 43.5 Å². The van der Waals surface area contributed by atoms with Crippen LogP contribution in [0.3, 0.4) is 0 Å². The molecule has 1 heterocycles. The molecule has 1 aromatic heterocycles. The van der Waals surface area contributed by atoms with Crippen LogP contribution in [0.5, 0.6) is 11.5 Å². The number of hydrogen-bond donors (Lipinski definition) is 1. The number of pyridine rings is 1. The Morgan fingerprint density at radius 2 is 1.79 bits per heavy atom. The number of alkyl halides is 3. The molecule has 2 N–H and O–H groups in total. The van der Waals surface area contributed by atoms with E-state index >= 15 is 0 Å². The van der Waals surface area contributed by atoms with Gasteiger partial charge in [0.25, 0.3) is 0 Å². The first-order valence-corrected chi connectivity index (χ1v) is 10.2. The van der Waals surface area contributed by atoms with Gasteiger partial charge in [0, 0.05) is 23.6 Å². The zero-order valence-electron chi connectivity index (χ0n) is 18.0. The number of nitrogens with zero attached hydrogens (tertiary/aromatic N) is 1. The molecule has 0 aliphatic heterocycles. The average Bonchev–Trinajstić information content (AvgIpc) is 2.75. The molecule has 7 heteroatoms. The fourth-order valence-corrected chi connectivity index (χ4v) is 3.71. The number of anilines is 1. The van der Waals surface area contributed by atoms with E-state index in [4.69, 9.17) is 10.5 Å². The number of hydrogen-bond acceptors (Lipinski definition) is 4. The third-order valence-corrected chi connectivity index (χ3v) is 5.31. The van der Waals surface area contributed by atoms with Crippen molar-refractivity contribution in [1.29, 1.82) is 0 Å². The molecule has 0 saturated heterocycles. The van der Waals surface area contributed by atoms with Crippen molar-refractivity contribution in [2.45, 2.75) is 26.4 Å². The summed E-state index contributed by atoms with van der Waals surface area (Å²) in [5.41, 5.74) is 8.26. The molecule has 0 amide bonds. The highest BCUT2D eigenvalue weighted by Gasteiger charge is 2.31. The molecule has 0 radical (unpaired) electrons. The molecule has 0 spiro atoms. The summed E-state index contributed by atoms with van der Waals surface area (Å²) >= 11 is 0. The van der Waals surface area contributed by atoms with Crippen molar-refractivity contribution >= 4 is 22.4 Å². The summed E-state index contributed by atoms with van der Waals surface area (Å²) in [7, 11) is 0. The fraction of sp³-hybridized carbons (Fsp3) is 0.154. The van der Waals surface area contributed by atoms with Crippen molar-refractivity contribution in [2.24, 2.45) is 0 Å². The van der Waals surface area contributed by atoms with E-state index in [0.29, 0.717) is 33.8 Å². The van der Waals surface area contributed by atoms with Gasteiger partial charge in [0.15, 0.2) is 5.78 Å². The zero-order chi connectivity index (χ0) is 23.8. The Kier molecular flexibility index (Phi) is 5.80. The number of rotatable bonds is 5. The number of benzene rings is 3. The number of carbonyl (C=O) groups is 1. The van der Waals surface area contributed by atoms with Gasteiger partial charge in [-0.1, -0.05) is 18.2 Å². The molecule has 4 aromatic rings. The van der Waals surface area contributed by atoms with Crippen LogP contribution in [0.2, 0.25) is 0 Å². The molecular formula is C26H21F3N2O2.